The number of para-hydroxylation sites is 1. The van der Waals surface area contributed by atoms with Gasteiger partial charge in [0.2, 0.25) is 5.91 Å². The number of benzene rings is 2. The van der Waals surface area contributed by atoms with Crippen LogP contribution in [-0.4, -0.2) is 52.6 Å². The molecule has 3 rings (SSSR count). The number of thiocarbonyl (C=S) groups is 1. The third kappa shape index (κ3) is 7.29. The smallest absolute Gasteiger partial charge is 0.282 e. The van der Waals surface area contributed by atoms with Gasteiger partial charge in [0.05, 0.1) is 24.0 Å². The lowest BCUT2D eigenvalue weighted by atomic mass is 10.1. The predicted molar refractivity (Wildman–Crippen MR) is 147 cm³/mol. The summed E-state index contributed by atoms with van der Waals surface area (Å²) >= 11 is 6.61. The molecular weight excluding hydrogens is 532 g/mol. The van der Waals surface area contributed by atoms with E-state index >= 15 is 0 Å². The van der Waals surface area contributed by atoms with Crippen molar-refractivity contribution in [2.75, 3.05) is 20.8 Å². The van der Waals surface area contributed by atoms with Crippen LogP contribution in [0.25, 0.3) is 6.08 Å². The number of methoxy groups -OCH3 is 2. The Morgan fingerprint density at radius 3 is 2.53 bits per heavy atom. The van der Waals surface area contributed by atoms with Gasteiger partial charge in [-0.25, -0.2) is 0 Å². The first kappa shape index (κ1) is 28.6. The summed E-state index contributed by atoms with van der Waals surface area (Å²) in [5.41, 5.74) is 4.73. The monoisotopic (exact) mass is 558 g/mol. The molecule has 1 fully saturated rings. The molecule has 1 aliphatic rings. The third-order valence-corrected chi connectivity index (χ3v) is 6.90. The van der Waals surface area contributed by atoms with E-state index in [9.17, 15) is 24.5 Å². The Kier molecular flexibility index (Phi) is 10.2. The van der Waals surface area contributed by atoms with Gasteiger partial charge in [0, 0.05) is 19.0 Å². The first-order chi connectivity index (χ1) is 18.2. The molecule has 0 radical (unpaired) electrons. The minimum atomic E-state index is -0.777. The van der Waals surface area contributed by atoms with Crippen LogP contribution < -0.4 is 20.3 Å². The second-order valence-electron chi connectivity index (χ2n) is 8.03. The van der Waals surface area contributed by atoms with Gasteiger partial charge in [-0.3, -0.25) is 40.2 Å². The fraction of sp³-hybridized carbons (Fsp3) is 0.280. The van der Waals surface area contributed by atoms with Crippen molar-refractivity contribution in [1.82, 2.24) is 15.8 Å². The Balaban J connectivity index is 1.42. The average molecular weight is 559 g/mol. The van der Waals surface area contributed by atoms with Crippen LogP contribution in [0.5, 0.6) is 11.5 Å². The Morgan fingerprint density at radius 2 is 1.82 bits per heavy atom. The van der Waals surface area contributed by atoms with E-state index in [0.29, 0.717) is 46.5 Å². The highest BCUT2D eigenvalue weighted by Gasteiger charge is 2.31. The number of rotatable bonds is 11. The topological polar surface area (TPSA) is 140 Å². The van der Waals surface area contributed by atoms with E-state index in [0.717, 1.165) is 5.56 Å². The van der Waals surface area contributed by atoms with Crippen LogP contribution in [0.4, 0.5) is 5.69 Å². The fourth-order valence-electron chi connectivity index (χ4n) is 3.60. The summed E-state index contributed by atoms with van der Waals surface area (Å²) in [7, 11) is 3.09. The van der Waals surface area contributed by atoms with E-state index in [4.69, 9.17) is 21.7 Å². The Bertz CT molecular complexity index is 1280. The average Bonchev–Trinajstić information content (AvgIpc) is 3.18. The number of carbonyl (C=O) groups excluding carboxylic acids is 3. The molecule has 3 amide bonds. The van der Waals surface area contributed by atoms with E-state index in [-0.39, 0.29) is 23.6 Å². The maximum atomic E-state index is 12.8. The maximum absolute atomic E-state index is 12.8. The molecule has 38 heavy (non-hydrogen) atoms. The van der Waals surface area contributed by atoms with Gasteiger partial charge in [0.25, 0.3) is 17.5 Å². The largest absolute Gasteiger partial charge is 0.493 e. The summed E-state index contributed by atoms with van der Waals surface area (Å²) in [6, 6.07) is 10.8. The normalized spacial score (nSPS) is 13.9. The van der Waals surface area contributed by atoms with Crippen molar-refractivity contribution in [3.05, 3.63) is 68.6 Å². The van der Waals surface area contributed by atoms with Gasteiger partial charge in [-0.2, -0.15) is 0 Å². The van der Waals surface area contributed by atoms with Crippen molar-refractivity contribution in [2.24, 2.45) is 0 Å². The molecule has 2 aromatic rings. The number of hydrazine groups is 1. The van der Waals surface area contributed by atoms with Gasteiger partial charge >= 0.3 is 0 Å². The molecule has 1 aliphatic heterocycles. The zero-order valence-corrected chi connectivity index (χ0v) is 22.4. The van der Waals surface area contributed by atoms with Crippen LogP contribution >= 0.6 is 24.0 Å². The molecule has 11 nitrogen and oxygen atoms in total. The molecule has 0 saturated carbocycles. The molecule has 0 aromatic heterocycles. The minimum absolute atomic E-state index is 0.134. The lowest BCUT2D eigenvalue weighted by Gasteiger charge is -2.14. The van der Waals surface area contributed by atoms with Crippen molar-refractivity contribution < 1.29 is 28.8 Å². The molecular formula is C25H26N4O7S2. The number of nitro benzene ring substituents is 1. The van der Waals surface area contributed by atoms with Gasteiger partial charge in [0.15, 0.2) is 11.5 Å². The molecule has 13 heteroatoms. The molecule has 0 spiro atoms. The molecule has 0 atom stereocenters. The number of nitrogens with one attached hydrogen (secondary N) is 2. The SMILES string of the molecule is COc1ccc(C=C2SC(=S)N(CCCCCC(=O)NNC(=O)c3ccccc3[N+](=O)[O-])C2=O)cc1OC. The number of nitrogens with zero attached hydrogens (tertiary/aromatic N) is 2. The Labute approximate surface area is 228 Å². The number of hydrogen-bond acceptors (Lipinski definition) is 9. The first-order valence-corrected chi connectivity index (χ1v) is 12.8. The molecule has 0 bridgehead atoms. The highest BCUT2D eigenvalue weighted by Crippen LogP contribution is 2.34. The number of unbranched alkanes of at least 4 members (excludes halogenated alkanes) is 2. The van der Waals surface area contributed by atoms with E-state index in [2.05, 4.69) is 10.9 Å². The molecule has 200 valence electrons. The second kappa shape index (κ2) is 13.5. The van der Waals surface area contributed by atoms with E-state index in [1.165, 1.54) is 36.0 Å². The molecule has 2 aromatic carbocycles. The van der Waals surface area contributed by atoms with Crippen molar-refractivity contribution in [1.29, 1.82) is 0 Å². The van der Waals surface area contributed by atoms with Crippen LogP contribution in [0.2, 0.25) is 0 Å². The number of nitro groups is 1. The number of amides is 3. The lowest BCUT2D eigenvalue weighted by Crippen LogP contribution is -2.41. The van der Waals surface area contributed by atoms with Gasteiger partial charge in [-0.1, -0.05) is 48.6 Å². The number of hydrogen-bond donors (Lipinski definition) is 2. The highest BCUT2D eigenvalue weighted by molar-refractivity contribution is 8.26. The first-order valence-electron chi connectivity index (χ1n) is 11.5. The summed E-state index contributed by atoms with van der Waals surface area (Å²) in [6.07, 6.45) is 3.69. The molecule has 2 N–H and O–H groups in total. The minimum Gasteiger partial charge on any atom is -0.493 e. The summed E-state index contributed by atoms with van der Waals surface area (Å²) in [5.74, 6) is -0.234. The van der Waals surface area contributed by atoms with Crippen molar-refractivity contribution in [3.8, 4) is 11.5 Å². The molecule has 0 unspecified atom stereocenters. The van der Waals surface area contributed by atoms with Gasteiger partial charge in [-0.15, -0.1) is 0 Å². The van der Waals surface area contributed by atoms with Crippen LogP contribution in [0.1, 0.15) is 41.6 Å². The van der Waals surface area contributed by atoms with Crippen LogP contribution in [0, 0.1) is 10.1 Å². The quantitative estimate of drug-likeness (QED) is 0.138. The molecule has 0 aliphatic carbocycles. The highest BCUT2D eigenvalue weighted by atomic mass is 32.2. The van der Waals surface area contributed by atoms with Crippen molar-refractivity contribution in [2.45, 2.75) is 25.7 Å². The summed E-state index contributed by atoms with van der Waals surface area (Å²) in [5, 5.41) is 11.0. The Hall–Kier alpha value is -3.97. The van der Waals surface area contributed by atoms with Gasteiger partial charge in [-0.05, 0) is 42.7 Å². The number of ether oxygens (including phenoxy) is 2. The zero-order valence-electron chi connectivity index (χ0n) is 20.7. The molecule has 1 saturated heterocycles. The van der Waals surface area contributed by atoms with E-state index in [1.807, 2.05) is 6.07 Å². The van der Waals surface area contributed by atoms with E-state index < -0.39 is 16.7 Å². The number of carbonyl (C=O) groups is 3. The van der Waals surface area contributed by atoms with Crippen molar-refractivity contribution in [3.63, 3.8) is 0 Å². The summed E-state index contributed by atoms with van der Waals surface area (Å²) < 4.78 is 11.0. The van der Waals surface area contributed by atoms with Gasteiger partial charge < -0.3 is 9.47 Å². The molecule has 1 heterocycles. The number of thioether (sulfide) groups is 1. The third-order valence-electron chi connectivity index (χ3n) is 5.53. The van der Waals surface area contributed by atoms with Crippen LogP contribution in [0.15, 0.2) is 47.4 Å². The lowest BCUT2D eigenvalue weighted by molar-refractivity contribution is -0.385. The van der Waals surface area contributed by atoms with E-state index in [1.54, 1.807) is 37.3 Å². The zero-order chi connectivity index (χ0) is 27.7. The van der Waals surface area contributed by atoms with Crippen molar-refractivity contribution >= 4 is 57.8 Å². The maximum Gasteiger partial charge on any atom is 0.282 e. The second-order valence-corrected chi connectivity index (χ2v) is 9.71. The fourth-order valence-corrected chi connectivity index (χ4v) is 4.91. The Morgan fingerprint density at radius 1 is 1.08 bits per heavy atom. The van der Waals surface area contributed by atoms with Crippen LogP contribution in [-0.2, 0) is 9.59 Å². The predicted octanol–water partition coefficient (Wildman–Crippen LogP) is 3.83. The van der Waals surface area contributed by atoms with Gasteiger partial charge in [0.1, 0.15) is 9.88 Å². The van der Waals surface area contributed by atoms with Crippen LogP contribution in [0.3, 0.4) is 0 Å². The summed E-state index contributed by atoms with van der Waals surface area (Å²) in [6.45, 7) is 0.421. The standard InChI is InChI=1S/C25H26N4O7S2/c1-35-19-12-11-16(14-20(19)36-2)15-21-24(32)28(25(37)38-21)13-7-3-4-10-22(30)26-27-23(31)17-8-5-6-9-18(17)29(33)34/h5-6,8-9,11-12,14-15H,3-4,7,10,13H2,1-2H3,(H,26,30)(H,27,31). The summed E-state index contributed by atoms with van der Waals surface area (Å²) in [4.78, 5) is 49.5.